The Morgan fingerprint density at radius 3 is 1.94 bits per heavy atom. The number of rotatable bonds is 20. The number of aliphatic carboxylic acids is 2. The fraction of sp³-hybridized carbons (Fsp3) is 0.807. The van der Waals surface area contributed by atoms with Crippen molar-refractivity contribution in [3.8, 4) is 0 Å². The third-order valence-electron chi connectivity index (χ3n) is 15.3. The van der Waals surface area contributed by atoms with Gasteiger partial charge in [-0.15, -0.1) is 0 Å². The summed E-state index contributed by atoms with van der Waals surface area (Å²) in [6.45, 7) is 18.8. The number of hydrogen-bond donors (Lipinski definition) is 7. The van der Waals surface area contributed by atoms with E-state index in [0.717, 1.165) is 0 Å². The van der Waals surface area contributed by atoms with E-state index >= 15 is 0 Å². The van der Waals surface area contributed by atoms with Crippen molar-refractivity contribution in [2.45, 2.75) is 231 Å². The molecule has 1 unspecified atom stereocenters. The van der Waals surface area contributed by atoms with Gasteiger partial charge in [0.15, 0.2) is 49.1 Å². The number of carbonyl (C=O) groups is 7. The van der Waals surface area contributed by atoms with Crippen molar-refractivity contribution in [2.24, 2.45) is 29.6 Å². The van der Waals surface area contributed by atoms with E-state index < -0.39 is 176 Å². The van der Waals surface area contributed by atoms with Crippen LogP contribution in [0.15, 0.2) is 23.8 Å². The van der Waals surface area contributed by atoms with Gasteiger partial charge >= 0.3 is 29.8 Å². The van der Waals surface area contributed by atoms with Crippen molar-refractivity contribution in [1.82, 2.24) is 4.90 Å². The maximum absolute atomic E-state index is 14.0. The molecule has 83 heavy (non-hydrogen) atoms. The van der Waals surface area contributed by atoms with Crippen molar-refractivity contribution in [3.05, 3.63) is 23.8 Å². The fourth-order valence-electron chi connectivity index (χ4n) is 10.9. The molecule has 4 rings (SSSR count). The first kappa shape index (κ1) is 72.9. The van der Waals surface area contributed by atoms with Crippen molar-refractivity contribution < 1.29 is 121 Å². The second-order valence-electron chi connectivity index (χ2n) is 23.0. The van der Waals surface area contributed by atoms with Crippen LogP contribution in [0.25, 0.3) is 0 Å². The Hall–Kier alpha value is -4.39. The number of nitrogens with zero attached hydrogens (tertiary/aromatic N) is 1. The lowest BCUT2D eigenvalue weighted by Gasteiger charge is -2.50. The summed E-state index contributed by atoms with van der Waals surface area (Å²) in [5.74, 6) is -8.17. The number of aliphatic hydroxyl groups is 5. The molecule has 26 nitrogen and oxygen atoms in total. The van der Waals surface area contributed by atoms with Crippen LogP contribution in [-0.2, 0) is 85.7 Å². The highest BCUT2D eigenvalue weighted by Crippen LogP contribution is 2.38. The molecule has 0 amide bonds. The molecular weight excluding hydrogens is 1100 g/mol. The van der Waals surface area contributed by atoms with Crippen LogP contribution >= 0.6 is 0 Å². The van der Waals surface area contributed by atoms with Gasteiger partial charge in [0, 0.05) is 58.2 Å². The zero-order chi connectivity index (χ0) is 63.0. The van der Waals surface area contributed by atoms with Crippen LogP contribution < -0.4 is 0 Å². The largest absolute Gasteiger partial charge is 0.479 e. The lowest BCUT2D eigenvalue weighted by Crippen LogP contribution is -2.65. The van der Waals surface area contributed by atoms with E-state index in [1.54, 1.807) is 66.6 Å². The molecule has 0 bridgehead atoms. The van der Waals surface area contributed by atoms with Crippen molar-refractivity contribution in [2.75, 3.05) is 34.9 Å². The van der Waals surface area contributed by atoms with Gasteiger partial charge in [0.1, 0.15) is 42.4 Å². The number of carboxylic acids is 2. The third-order valence-corrected chi connectivity index (χ3v) is 15.3. The molecule has 3 fully saturated rings. The van der Waals surface area contributed by atoms with Crippen LogP contribution in [0.1, 0.15) is 115 Å². The maximum Gasteiger partial charge on any atom is 0.335 e. The molecule has 4 aliphatic rings. The molecule has 3 saturated heterocycles. The maximum atomic E-state index is 14.0. The molecule has 0 radical (unpaired) electrons. The number of carbonyl (C=O) groups excluding carboxylic acids is 5. The van der Waals surface area contributed by atoms with Gasteiger partial charge < -0.3 is 97.5 Å². The minimum absolute atomic E-state index is 0.0405. The number of methoxy groups -OCH3 is 2. The highest BCUT2D eigenvalue weighted by atomic mass is 16.7. The van der Waals surface area contributed by atoms with Gasteiger partial charge in [-0.2, -0.15) is 0 Å². The highest BCUT2D eigenvalue weighted by molar-refractivity contribution is 5.91. The number of aliphatic hydroxyl groups excluding tert-OH is 4. The number of ketones is 1. The van der Waals surface area contributed by atoms with Crippen LogP contribution in [0.3, 0.4) is 0 Å². The standard InChI is InChI=1S/C53H87NO19.C4H6O6/c1-16-39-36(26-65-52-49(64-15)48(63-14)47(32(8)68-52)71-40(59)21-27(2)3)22-28(4)17-18-37(57)29(5)23-35(19-20-55)45(30(6)38(58)24-41(60)70-39)73-51-44(61)43(54(12)13)46(31(7)67-51)72-42-25-53(11,62)50(33(9)66-42)69-34(10)56;5-1(3(7)8)2(6)4(9)10/h17-18,20,22,27,29-33,35-36,38-39,42-52,58,61-62H,16,19,21,23-26H2,1-15H3;1-2,5-6H,(H,7,8)(H,9,10)/b18-17+,28-22-;/t29-,30+,31-,32-,33+,35+,36?,38-,39-,42+,43-,44-,45-,46-,47-,48-,49-,50+,51-,52-,53-;1-,2-/m00/s1. The number of cyclic esters (lactones) is 1. The highest BCUT2D eigenvalue weighted by Gasteiger charge is 2.53. The van der Waals surface area contributed by atoms with E-state index in [-0.39, 0.29) is 44.0 Å². The summed E-state index contributed by atoms with van der Waals surface area (Å²) in [6.07, 6.45) is -13.0. The Kier molecular flexibility index (Phi) is 29.4. The lowest BCUT2D eigenvalue weighted by molar-refractivity contribution is -0.342. The monoisotopic (exact) mass is 1190 g/mol. The SMILES string of the molecule is CC[C@@H]1OC(=O)C[C@H](O)[C@@H](C)[C@H](O[C@@H]2O[C@@H](C)[C@H](O[C@@H]3C[C@](C)(O)[C@H](OC(C)=O)[C@@H](C)O3)[C@@H](N(C)C)[C@@H]2O)[C@H](CC=O)C[C@H](C)C(=O)/C=C/C(C)=C\C1CO[C@H]1O[C@@H](C)[C@H](OC(=O)CC(C)C)[C@H](OC)[C@@H]1OC.O=C(O)[C@@H](O)[C@H](O)C(=O)O. The molecule has 0 aliphatic carbocycles. The molecule has 7 N–H and O–H groups in total. The van der Waals surface area contributed by atoms with E-state index in [1.165, 1.54) is 34.1 Å². The number of allylic oxidation sites excluding steroid dienone is 3. The number of hydrogen-bond acceptors (Lipinski definition) is 24. The van der Waals surface area contributed by atoms with E-state index in [9.17, 15) is 48.9 Å². The van der Waals surface area contributed by atoms with Gasteiger partial charge in [0.05, 0.1) is 49.6 Å². The third kappa shape index (κ3) is 20.9. The summed E-state index contributed by atoms with van der Waals surface area (Å²) >= 11 is 0. The quantitative estimate of drug-likeness (QED) is 0.0520. The normalized spacial score (nSPS) is 38.5. The van der Waals surface area contributed by atoms with Crippen LogP contribution in [0.2, 0.25) is 0 Å². The molecular formula is C57H93NO25. The first-order chi connectivity index (χ1) is 38.7. The summed E-state index contributed by atoms with van der Waals surface area (Å²) in [7, 11) is 6.45. The molecule has 0 aromatic rings. The number of carboxylic acid groups (broad SMARTS) is 2. The molecule has 0 aromatic carbocycles. The fourth-order valence-corrected chi connectivity index (χ4v) is 10.9. The topological polar surface area (TPSA) is 366 Å². The molecule has 0 saturated carbocycles. The average molecular weight is 1190 g/mol. The summed E-state index contributed by atoms with van der Waals surface area (Å²) in [5.41, 5.74) is -0.840. The van der Waals surface area contributed by atoms with Crippen LogP contribution in [-0.4, -0.2) is 233 Å². The summed E-state index contributed by atoms with van der Waals surface area (Å²) in [6, 6.07) is -0.786. The zero-order valence-corrected chi connectivity index (χ0v) is 50.5. The van der Waals surface area contributed by atoms with Crippen molar-refractivity contribution >= 4 is 41.9 Å². The zero-order valence-electron chi connectivity index (χ0n) is 50.5. The molecule has 476 valence electrons. The minimum Gasteiger partial charge on any atom is -0.479 e. The van der Waals surface area contributed by atoms with Gasteiger partial charge in [-0.3, -0.25) is 19.2 Å². The number of ether oxygens (including phenoxy) is 11. The minimum atomic E-state index is -2.27. The van der Waals surface area contributed by atoms with Crippen LogP contribution in [0.5, 0.6) is 0 Å². The van der Waals surface area contributed by atoms with Crippen molar-refractivity contribution in [3.63, 3.8) is 0 Å². The van der Waals surface area contributed by atoms with Crippen LogP contribution in [0, 0.1) is 29.6 Å². The Balaban J connectivity index is 0.00000164. The molecule has 23 atom stereocenters. The molecule has 0 spiro atoms. The number of esters is 3. The first-order valence-corrected chi connectivity index (χ1v) is 28.1. The first-order valence-electron chi connectivity index (χ1n) is 28.1. The van der Waals surface area contributed by atoms with Gasteiger partial charge in [-0.1, -0.05) is 52.3 Å². The van der Waals surface area contributed by atoms with Gasteiger partial charge in [-0.25, -0.2) is 9.59 Å². The van der Waals surface area contributed by atoms with Gasteiger partial charge in [0.2, 0.25) is 0 Å². The number of aldehydes is 1. The van der Waals surface area contributed by atoms with Crippen LogP contribution in [0.4, 0.5) is 0 Å². The Bertz CT molecular complexity index is 2150. The molecule has 26 heteroatoms. The predicted octanol–water partition coefficient (Wildman–Crippen LogP) is 1.88. The lowest BCUT2D eigenvalue weighted by atomic mass is 9.79. The van der Waals surface area contributed by atoms with E-state index in [2.05, 4.69) is 0 Å². The second kappa shape index (κ2) is 33.5. The Morgan fingerprint density at radius 1 is 0.831 bits per heavy atom. The Morgan fingerprint density at radius 2 is 1.42 bits per heavy atom. The molecule has 0 aromatic heterocycles. The smallest absolute Gasteiger partial charge is 0.335 e. The summed E-state index contributed by atoms with van der Waals surface area (Å²) in [4.78, 5) is 86.0. The van der Waals surface area contributed by atoms with Gasteiger partial charge in [0.25, 0.3) is 0 Å². The van der Waals surface area contributed by atoms with E-state index in [1.807, 2.05) is 26.8 Å². The van der Waals surface area contributed by atoms with E-state index in [0.29, 0.717) is 18.3 Å². The predicted molar refractivity (Wildman–Crippen MR) is 290 cm³/mol. The summed E-state index contributed by atoms with van der Waals surface area (Å²) in [5, 5.41) is 67.9. The molecule has 4 heterocycles. The second-order valence-corrected chi connectivity index (χ2v) is 23.0. The van der Waals surface area contributed by atoms with Crippen molar-refractivity contribution in [1.29, 1.82) is 0 Å². The van der Waals surface area contributed by atoms with Gasteiger partial charge in [-0.05, 0) is 79.5 Å². The molecule has 4 aliphatic heterocycles. The average Bonchev–Trinajstić information content (AvgIpc) is 3.27. The summed E-state index contributed by atoms with van der Waals surface area (Å²) < 4.78 is 67.2. The Labute approximate surface area is 485 Å². The number of likely N-dealkylation sites (N-methyl/N-ethyl adjacent to an activating group) is 1. The van der Waals surface area contributed by atoms with E-state index in [4.69, 9.17) is 72.5 Å².